The van der Waals surface area contributed by atoms with Crippen LogP contribution in [0.4, 0.5) is 0 Å². The van der Waals surface area contributed by atoms with E-state index in [0.717, 1.165) is 6.54 Å². The van der Waals surface area contributed by atoms with Gasteiger partial charge < -0.3 is 5.32 Å². The molecule has 1 aromatic carbocycles. The van der Waals surface area contributed by atoms with Crippen molar-refractivity contribution in [3.8, 4) is 0 Å². The molecule has 0 bridgehead atoms. The van der Waals surface area contributed by atoms with E-state index in [1.165, 1.54) is 34.7 Å². The first-order chi connectivity index (χ1) is 9.11. The van der Waals surface area contributed by atoms with Gasteiger partial charge in [0.15, 0.2) is 0 Å². The highest BCUT2D eigenvalue weighted by molar-refractivity contribution is 7.99. The molecule has 106 valence electrons. The van der Waals surface area contributed by atoms with Crippen molar-refractivity contribution in [2.45, 2.75) is 32.9 Å². The summed E-state index contributed by atoms with van der Waals surface area (Å²) < 4.78 is 0. The highest BCUT2D eigenvalue weighted by Gasteiger charge is 2.28. The smallest absolute Gasteiger partial charge is 0.0486 e. The van der Waals surface area contributed by atoms with Gasteiger partial charge in [0.2, 0.25) is 0 Å². The zero-order chi connectivity index (χ0) is 13.8. The topological polar surface area (TPSA) is 15.3 Å². The number of nitrogens with one attached hydrogen (secondary N) is 1. The predicted octanol–water partition coefficient (Wildman–Crippen LogP) is 3.00. The maximum absolute atomic E-state index is 3.70. The third-order valence-electron chi connectivity index (χ3n) is 3.86. The molecule has 0 aromatic heterocycles. The zero-order valence-corrected chi connectivity index (χ0v) is 13.4. The molecule has 2 nitrogen and oxygen atoms in total. The molecule has 1 aliphatic heterocycles. The number of hydrogen-bond acceptors (Lipinski definition) is 3. The minimum absolute atomic E-state index is 0.446. The minimum atomic E-state index is 0.446. The molecular formula is C16H26N2S. The molecule has 1 aromatic rings. The summed E-state index contributed by atoms with van der Waals surface area (Å²) >= 11 is 2.08. The summed E-state index contributed by atoms with van der Waals surface area (Å²) in [7, 11) is 2.26. The summed E-state index contributed by atoms with van der Waals surface area (Å²) in [5.74, 6) is 2.49. The van der Waals surface area contributed by atoms with Crippen LogP contribution in [0, 0.1) is 13.8 Å². The molecule has 1 fully saturated rings. The standard InChI is InChI=1S/C16H26N2S/c1-5-17-16(15-11-19-7-6-18(15)4)14-9-12(2)8-13(3)10-14/h8-10,15-17H,5-7,11H2,1-4H3. The molecule has 1 N–H and O–H groups in total. The van der Waals surface area contributed by atoms with Gasteiger partial charge in [-0.1, -0.05) is 36.2 Å². The van der Waals surface area contributed by atoms with Gasteiger partial charge in [0.1, 0.15) is 0 Å². The molecule has 19 heavy (non-hydrogen) atoms. The molecule has 1 heterocycles. The van der Waals surface area contributed by atoms with Crippen molar-refractivity contribution < 1.29 is 0 Å². The lowest BCUT2D eigenvalue weighted by molar-refractivity contribution is 0.217. The third-order valence-corrected chi connectivity index (χ3v) is 4.90. The van der Waals surface area contributed by atoms with Gasteiger partial charge in [-0.3, -0.25) is 4.90 Å². The maximum Gasteiger partial charge on any atom is 0.0486 e. The third kappa shape index (κ3) is 3.74. The maximum atomic E-state index is 3.70. The summed E-state index contributed by atoms with van der Waals surface area (Å²) in [4.78, 5) is 2.52. The number of rotatable bonds is 4. The van der Waals surface area contributed by atoms with E-state index in [0.29, 0.717) is 12.1 Å². The van der Waals surface area contributed by atoms with E-state index in [-0.39, 0.29) is 0 Å². The first-order valence-electron chi connectivity index (χ1n) is 7.21. The molecule has 0 amide bonds. The van der Waals surface area contributed by atoms with E-state index in [2.05, 4.69) is 68.0 Å². The van der Waals surface area contributed by atoms with Crippen molar-refractivity contribution in [1.29, 1.82) is 0 Å². The molecule has 3 heteroatoms. The highest BCUT2D eigenvalue weighted by atomic mass is 32.2. The zero-order valence-electron chi connectivity index (χ0n) is 12.6. The number of aryl methyl sites for hydroxylation is 2. The first kappa shape index (κ1) is 14.9. The van der Waals surface area contributed by atoms with E-state index in [9.17, 15) is 0 Å². The predicted molar refractivity (Wildman–Crippen MR) is 86.1 cm³/mol. The second-order valence-corrected chi connectivity index (χ2v) is 6.73. The molecule has 2 rings (SSSR count). The van der Waals surface area contributed by atoms with E-state index >= 15 is 0 Å². The first-order valence-corrected chi connectivity index (χ1v) is 8.37. The fourth-order valence-corrected chi connectivity index (χ4v) is 4.21. The number of thioether (sulfide) groups is 1. The van der Waals surface area contributed by atoms with Crippen molar-refractivity contribution in [3.63, 3.8) is 0 Å². The van der Waals surface area contributed by atoms with Crippen molar-refractivity contribution in [2.75, 3.05) is 31.6 Å². The van der Waals surface area contributed by atoms with Crippen LogP contribution in [0.2, 0.25) is 0 Å². The fraction of sp³-hybridized carbons (Fsp3) is 0.625. The van der Waals surface area contributed by atoms with E-state index in [4.69, 9.17) is 0 Å². The number of benzene rings is 1. The van der Waals surface area contributed by atoms with Gasteiger partial charge in [-0.2, -0.15) is 11.8 Å². The molecule has 0 spiro atoms. The SMILES string of the molecule is CCNC(c1cc(C)cc(C)c1)C1CSCCN1C. The Morgan fingerprint density at radius 2 is 2.00 bits per heavy atom. The molecular weight excluding hydrogens is 252 g/mol. The lowest BCUT2D eigenvalue weighted by Gasteiger charge is -2.38. The second-order valence-electron chi connectivity index (χ2n) is 5.58. The minimum Gasteiger partial charge on any atom is -0.309 e. The number of hydrogen-bond donors (Lipinski definition) is 1. The average molecular weight is 278 g/mol. The second kappa shape index (κ2) is 6.78. The molecule has 2 unspecified atom stereocenters. The van der Waals surface area contributed by atoms with E-state index < -0.39 is 0 Å². The normalized spacial score (nSPS) is 22.4. The van der Waals surface area contributed by atoms with Crippen LogP contribution in [-0.4, -0.2) is 42.6 Å². The molecule has 0 radical (unpaired) electrons. The summed E-state index contributed by atoms with van der Waals surface area (Å²) in [6.45, 7) is 8.80. The van der Waals surface area contributed by atoms with Crippen LogP contribution in [0.5, 0.6) is 0 Å². The Labute approximate surface area is 122 Å². The van der Waals surface area contributed by atoms with Crippen LogP contribution in [0.3, 0.4) is 0 Å². The van der Waals surface area contributed by atoms with Crippen LogP contribution in [0.15, 0.2) is 18.2 Å². The average Bonchev–Trinajstić information content (AvgIpc) is 2.36. The van der Waals surface area contributed by atoms with Gasteiger partial charge in [-0.05, 0) is 33.0 Å². The van der Waals surface area contributed by atoms with Crippen molar-refractivity contribution in [2.24, 2.45) is 0 Å². The molecule has 2 atom stereocenters. The van der Waals surface area contributed by atoms with Gasteiger partial charge in [0, 0.05) is 30.1 Å². The summed E-state index contributed by atoms with van der Waals surface area (Å²) in [6, 6.07) is 7.98. The Morgan fingerprint density at radius 3 is 2.58 bits per heavy atom. The largest absolute Gasteiger partial charge is 0.309 e. The van der Waals surface area contributed by atoms with Gasteiger partial charge >= 0.3 is 0 Å². The van der Waals surface area contributed by atoms with Crippen molar-refractivity contribution in [3.05, 3.63) is 34.9 Å². The van der Waals surface area contributed by atoms with E-state index in [1.54, 1.807) is 0 Å². The Hall–Kier alpha value is -0.510. The van der Waals surface area contributed by atoms with Gasteiger partial charge in [-0.25, -0.2) is 0 Å². The lowest BCUT2D eigenvalue weighted by Crippen LogP contribution is -2.47. The van der Waals surface area contributed by atoms with Crippen LogP contribution in [0.1, 0.15) is 29.7 Å². The number of likely N-dealkylation sites (N-methyl/N-ethyl adjacent to an activating group) is 2. The van der Waals surface area contributed by atoms with Crippen LogP contribution in [-0.2, 0) is 0 Å². The Bertz CT molecular complexity index is 399. The van der Waals surface area contributed by atoms with Crippen molar-refractivity contribution in [1.82, 2.24) is 10.2 Å². The van der Waals surface area contributed by atoms with Gasteiger partial charge in [0.25, 0.3) is 0 Å². The van der Waals surface area contributed by atoms with Gasteiger partial charge in [0.05, 0.1) is 0 Å². The highest BCUT2D eigenvalue weighted by Crippen LogP contribution is 2.28. The van der Waals surface area contributed by atoms with Crippen LogP contribution in [0.25, 0.3) is 0 Å². The fourth-order valence-electron chi connectivity index (χ4n) is 2.94. The Balaban J connectivity index is 2.27. The summed E-state index contributed by atoms with van der Waals surface area (Å²) in [6.07, 6.45) is 0. The Kier molecular flexibility index (Phi) is 5.31. The Morgan fingerprint density at radius 1 is 1.32 bits per heavy atom. The molecule has 1 saturated heterocycles. The molecule has 0 saturated carbocycles. The molecule has 1 aliphatic rings. The number of nitrogens with zero attached hydrogens (tertiary/aromatic N) is 1. The van der Waals surface area contributed by atoms with Gasteiger partial charge in [-0.15, -0.1) is 0 Å². The van der Waals surface area contributed by atoms with Crippen LogP contribution < -0.4 is 5.32 Å². The van der Waals surface area contributed by atoms with Crippen molar-refractivity contribution >= 4 is 11.8 Å². The quantitative estimate of drug-likeness (QED) is 0.911. The summed E-state index contributed by atoms with van der Waals surface area (Å²) in [5.41, 5.74) is 4.17. The monoisotopic (exact) mass is 278 g/mol. The molecule has 0 aliphatic carbocycles. The van der Waals surface area contributed by atoms with E-state index in [1.807, 2.05) is 0 Å². The van der Waals surface area contributed by atoms with Crippen LogP contribution >= 0.6 is 11.8 Å². The lowest BCUT2D eigenvalue weighted by atomic mass is 9.95. The summed E-state index contributed by atoms with van der Waals surface area (Å²) in [5, 5.41) is 3.70.